The Labute approximate surface area is 95.0 Å². The molecule has 0 bridgehead atoms. The van der Waals surface area contributed by atoms with Gasteiger partial charge in [0, 0.05) is 26.2 Å². The SMILES string of the molecule is CC(C)CNC(=O)[C@@H]1CN(C(=O)O)CCN1. The fourth-order valence-corrected chi connectivity index (χ4v) is 1.53. The van der Waals surface area contributed by atoms with Crippen molar-refractivity contribution in [2.24, 2.45) is 5.92 Å². The molecule has 0 aromatic rings. The molecule has 1 heterocycles. The van der Waals surface area contributed by atoms with Gasteiger partial charge in [0.15, 0.2) is 0 Å². The number of carbonyl (C=O) groups is 2. The fourth-order valence-electron chi connectivity index (χ4n) is 1.53. The van der Waals surface area contributed by atoms with Crippen LogP contribution in [-0.4, -0.2) is 54.2 Å². The van der Waals surface area contributed by atoms with E-state index in [4.69, 9.17) is 5.11 Å². The van der Waals surface area contributed by atoms with Gasteiger partial charge in [-0.15, -0.1) is 0 Å². The third kappa shape index (κ3) is 3.69. The van der Waals surface area contributed by atoms with Crippen LogP contribution in [0, 0.1) is 5.92 Å². The minimum Gasteiger partial charge on any atom is -0.465 e. The smallest absolute Gasteiger partial charge is 0.407 e. The molecule has 0 aromatic carbocycles. The zero-order chi connectivity index (χ0) is 12.1. The molecule has 1 atom stereocenters. The number of piperazine rings is 1. The average Bonchev–Trinajstić information content (AvgIpc) is 2.26. The molecule has 0 aromatic heterocycles. The third-order valence-corrected chi connectivity index (χ3v) is 2.45. The molecule has 92 valence electrons. The molecule has 0 aliphatic carbocycles. The maximum atomic E-state index is 11.7. The minimum atomic E-state index is -0.969. The van der Waals surface area contributed by atoms with Crippen molar-refractivity contribution in [3.63, 3.8) is 0 Å². The van der Waals surface area contributed by atoms with Crippen LogP contribution in [0.2, 0.25) is 0 Å². The van der Waals surface area contributed by atoms with Crippen LogP contribution in [0.5, 0.6) is 0 Å². The number of nitrogens with one attached hydrogen (secondary N) is 2. The number of carboxylic acid groups (broad SMARTS) is 1. The van der Waals surface area contributed by atoms with Crippen LogP contribution in [0.15, 0.2) is 0 Å². The summed E-state index contributed by atoms with van der Waals surface area (Å²) in [6, 6.07) is -0.427. The van der Waals surface area contributed by atoms with Gasteiger partial charge in [-0.3, -0.25) is 4.79 Å². The molecule has 0 saturated carbocycles. The summed E-state index contributed by atoms with van der Waals surface area (Å²) in [5.74, 6) is 0.266. The molecule has 16 heavy (non-hydrogen) atoms. The molecular formula is C10H19N3O3. The molecule has 1 fully saturated rings. The van der Waals surface area contributed by atoms with E-state index in [-0.39, 0.29) is 12.5 Å². The summed E-state index contributed by atoms with van der Waals surface area (Å²) >= 11 is 0. The Morgan fingerprint density at radius 2 is 2.25 bits per heavy atom. The second kappa shape index (κ2) is 5.69. The van der Waals surface area contributed by atoms with Crippen molar-refractivity contribution in [1.82, 2.24) is 15.5 Å². The lowest BCUT2D eigenvalue weighted by molar-refractivity contribution is -0.124. The van der Waals surface area contributed by atoms with Crippen LogP contribution >= 0.6 is 0 Å². The topological polar surface area (TPSA) is 81.7 Å². The Balaban J connectivity index is 2.41. The fraction of sp³-hybridized carbons (Fsp3) is 0.800. The first-order chi connectivity index (χ1) is 7.50. The summed E-state index contributed by atoms with van der Waals surface area (Å²) in [5, 5.41) is 14.6. The van der Waals surface area contributed by atoms with Crippen molar-refractivity contribution >= 4 is 12.0 Å². The molecule has 1 aliphatic rings. The van der Waals surface area contributed by atoms with Crippen molar-refractivity contribution < 1.29 is 14.7 Å². The van der Waals surface area contributed by atoms with Gasteiger partial charge in [-0.05, 0) is 5.92 Å². The minimum absolute atomic E-state index is 0.125. The van der Waals surface area contributed by atoms with Crippen molar-refractivity contribution in [3.8, 4) is 0 Å². The predicted octanol–water partition coefficient (Wildman–Crippen LogP) is -0.290. The molecule has 0 spiro atoms. The van der Waals surface area contributed by atoms with Crippen LogP contribution in [0.25, 0.3) is 0 Å². The number of rotatable bonds is 3. The Bertz CT molecular complexity index is 268. The van der Waals surface area contributed by atoms with Crippen LogP contribution < -0.4 is 10.6 Å². The zero-order valence-electron chi connectivity index (χ0n) is 9.69. The quantitative estimate of drug-likeness (QED) is 0.621. The number of hydrogen-bond acceptors (Lipinski definition) is 3. The van der Waals surface area contributed by atoms with Gasteiger partial charge < -0.3 is 20.6 Å². The summed E-state index contributed by atoms with van der Waals surface area (Å²) in [6.45, 7) is 5.81. The normalized spacial score (nSPS) is 20.9. The average molecular weight is 229 g/mol. The Morgan fingerprint density at radius 3 is 2.81 bits per heavy atom. The molecule has 0 radical (unpaired) electrons. The highest BCUT2D eigenvalue weighted by Crippen LogP contribution is 2.00. The van der Waals surface area contributed by atoms with E-state index in [0.717, 1.165) is 0 Å². The molecule has 2 amide bonds. The van der Waals surface area contributed by atoms with Crippen molar-refractivity contribution in [3.05, 3.63) is 0 Å². The summed E-state index contributed by atoms with van der Waals surface area (Å²) in [7, 11) is 0. The molecule has 1 aliphatic heterocycles. The van der Waals surface area contributed by atoms with E-state index < -0.39 is 12.1 Å². The Kier molecular flexibility index (Phi) is 4.54. The van der Waals surface area contributed by atoms with Crippen LogP contribution in [0.1, 0.15) is 13.8 Å². The van der Waals surface area contributed by atoms with Gasteiger partial charge >= 0.3 is 6.09 Å². The van der Waals surface area contributed by atoms with Gasteiger partial charge in [0.1, 0.15) is 6.04 Å². The Hall–Kier alpha value is -1.30. The third-order valence-electron chi connectivity index (χ3n) is 2.45. The van der Waals surface area contributed by atoms with E-state index in [1.165, 1.54) is 4.90 Å². The van der Waals surface area contributed by atoms with Gasteiger partial charge in [-0.2, -0.15) is 0 Å². The highest BCUT2D eigenvalue weighted by molar-refractivity contribution is 5.82. The van der Waals surface area contributed by atoms with Crippen LogP contribution in [0.4, 0.5) is 4.79 Å². The molecule has 6 heteroatoms. The maximum absolute atomic E-state index is 11.7. The highest BCUT2D eigenvalue weighted by atomic mass is 16.4. The van der Waals surface area contributed by atoms with Crippen molar-refractivity contribution in [2.75, 3.05) is 26.2 Å². The summed E-state index contributed by atoms with van der Waals surface area (Å²) < 4.78 is 0. The maximum Gasteiger partial charge on any atom is 0.407 e. The van der Waals surface area contributed by atoms with Crippen LogP contribution in [0.3, 0.4) is 0 Å². The second-order valence-corrected chi connectivity index (χ2v) is 4.37. The first-order valence-electron chi connectivity index (χ1n) is 5.49. The summed E-state index contributed by atoms with van der Waals surface area (Å²) in [6.07, 6.45) is -0.969. The molecule has 0 unspecified atom stereocenters. The van der Waals surface area contributed by atoms with Gasteiger partial charge in [0.2, 0.25) is 5.91 Å². The second-order valence-electron chi connectivity index (χ2n) is 4.37. The Morgan fingerprint density at radius 1 is 1.56 bits per heavy atom. The van der Waals surface area contributed by atoms with Gasteiger partial charge in [-0.1, -0.05) is 13.8 Å². The monoisotopic (exact) mass is 229 g/mol. The van der Waals surface area contributed by atoms with Gasteiger partial charge in [0.25, 0.3) is 0 Å². The van der Waals surface area contributed by atoms with E-state index in [1.54, 1.807) is 0 Å². The molecule has 1 rings (SSSR count). The predicted molar refractivity (Wildman–Crippen MR) is 59.2 cm³/mol. The lowest BCUT2D eigenvalue weighted by atomic mass is 10.2. The summed E-state index contributed by atoms with van der Waals surface area (Å²) in [5.41, 5.74) is 0. The number of carbonyl (C=O) groups excluding carboxylic acids is 1. The lowest BCUT2D eigenvalue weighted by Gasteiger charge is -2.31. The van der Waals surface area contributed by atoms with E-state index in [2.05, 4.69) is 10.6 Å². The van der Waals surface area contributed by atoms with Crippen LogP contribution in [-0.2, 0) is 4.79 Å². The van der Waals surface area contributed by atoms with E-state index in [9.17, 15) is 9.59 Å². The molecular weight excluding hydrogens is 210 g/mol. The number of hydrogen-bond donors (Lipinski definition) is 3. The zero-order valence-corrected chi connectivity index (χ0v) is 9.69. The van der Waals surface area contributed by atoms with Gasteiger partial charge in [0.05, 0.1) is 0 Å². The highest BCUT2D eigenvalue weighted by Gasteiger charge is 2.27. The number of nitrogens with zero attached hydrogens (tertiary/aromatic N) is 1. The van der Waals surface area contributed by atoms with Crippen molar-refractivity contribution in [2.45, 2.75) is 19.9 Å². The first-order valence-corrected chi connectivity index (χ1v) is 5.49. The number of amides is 2. The van der Waals surface area contributed by atoms with E-state index >= 15 is 0 Å². The molecule has 1 saturated heterocycles. The van der Waals surface area contributed by atoms with Gasteiger partial charge in [-0.25, -0.2) is 4.79 Å². The van der Waals surface area contributed by atoms with E-state index in [0.29, 0.717) is 25.6 Å². The molecule has 6 nitrogen and oxygen atoms in total. The standard InChI is InChI=1S/C10H19N3O3/c1-7(2)5-12-9(14)8-6-13(10(15)16)4-3-11-8/h7-8,11H,3-6H2,1-2H3,(H,12,14)(H,15,16)/t8-/m0/s1. The van der Waals surface area contributed by atoms with Crippen molar-refractivity contribution in [1.29, 1.82) is 0 Å². The first kappa shape index (κ1) is 12.8. The lowest BCUT2D eigenvalue weighted by Crippen LogP contribution is -2.58. The van der Waals surface area contributed by atoms with E-state index in [1.807, 2.05) is 13.8 Å². The largest absolute Gasteiger partial charge is 0.465 e. The summed E-state index contributed by atoms with van der Waals surface area (Å²) in [4.78, 5) is 23.7. The molecule has 3 N–H and O–H groups in total.